The van der Waals surface area contributed by atoms with Gasteiger partial charge in [-0.25, -0.2) is 4.99 Å². The number of aliphatic imine (C=N–C) groups is 1. The molecule has 0 saturated carbocycles. The van der Waals surface area contributed by atoms with E-state index in [0.717, 1.165) is 12.5 Å². The fourth-order valence-electron chi connectivity index (χ4n) is 2.74. The third-order valence-electron chi connectivity index (χ3n) is 3.73. The number of fused-ring (bicyclic) bond motifs is 1. The largest absolute Gasteiger partial charge is 0.383 e. The highest BCUT2D eigenvalue weighted by Crippen LogP contribution is 2.23. The molecule has 0 amide bonds. The number of nitrogens with zero attached hydrogens (tertiary/aromatic N) is 1. The molecule has 1 aromatic rings. The highest BCUT2D eigenvalue weighted by Gasteiger charge is 2.10. The second-order valence-electron chi connectivity index (χ2n) is 5.65. The summed E-state index contributed by atoms with van der Waals surface area (Å²) in [6.45, 7) is 6.40. The minimum absolute atomic E-state index is 0. The molecule has 0 bridgehead atoms. The molecule has 1 aliphatic rings. The third kappa shape index (κ3) is 5.76. The Hall–Kier alpha value is -0.820. The first-order chi connectivity index (χ1) is 10.2. The maximum absolute atomic E-state index is 5.15. The molecule has 0 radical (unpaired) electrons. The molecule has 0 fully saturated rings. The number of halogens is 1. The summed E-state index contributed by atoms with van der Waals surface area (Å²) in [6.07, 6.45) is 3.74. The summed E-state index contributed by atoms with van der Waals surface area (Å²) in [5.74, 6) is 0.850. The van der Waals surface area contributed by atoms with E-state index in [-0.39, 0.29) is 30.0 Å². The van der Waals surface area contributed by atoms with Crippen molar-refractivity contribution in [3.63, 3.8) is 0 Å². The highest BCUT2D eigenvalue weighted by molar-refractivity contribution is 14.0. The Morgan fingerprint density at radius 2 is 2.09 bits per heavy atom. The lowest BCUT2D eigenvalue weighted by Gasteiger charge is -2.17. The number of nitrogens with one attached hydrogen (secondary N) is 2. The predicted molar refractivity (Wildman–Crippen MR) is 103 cm³/mol. The van der Waals surface area contributed by atoms with Gasteiger partial charge in [-0.3, -0.25) is 0 Å². The topological polar surface area (TPSA) is 45.7 Å². The Bertz CT molecular complexity index is 491. The zero-order valence-corrected chi connectivity index (χ0v) is 16.1. The quantitative estimate of drug-likeness (QED) is 0.425. The van der Waals surface area contributed by atoms with Gasteiger partial charge < -0.3 is 15.4 Å². The minimum Gasteiger partial charge on any atom is -0.383 e. The molecule has 5 heteroatoms. The third-order valence-corrected chi connectivity index (χ3v) is 3.73. The van der Waals surface area contributed by atoms with Crippen LogP contribution in [0.15, 0.2) is 23.2 Å². The molecule has 1 aliphatic carbocycles. The van der Waals surface area contributed by atoms with E-state index in [1.807, 2.05) is 0 Å². The van der Waals surface area contributed by atoms with E-state index in [2.05, 4.69) is 47.7 Å². The van der Waals surface area contributed by atoms with E-state index < -0.39 is 0 Å². The normalized spacial score (nSPS) is 15.0. The molecule has 0 aliphatic heterocycles. The average Bonchev–Trinajstić information content (AvgIpc) is 2.92. The monoisotopic (exact) mass is 417 g/mol. The average molecular weight is 417 g/mol. The second kappa shape index (κ2) is 10.0. The number of rotatable bonds is 6. The number of hydrogen-bond acceptors (Lipinski definition) is 2. The van der Waals surface area contributed by atoms with Gasteiger partial charge in [-0.2, -0.15) is 0 Å². The predicted octanol–water partition coefficient (Wildman–Crippen LogP) is 2.88. The van der Waals surface area contributed by atoms with Gasteiger partial charge in [0.25, 0.3) is 0 Å². The van der Waals surface area contributed by atoms with Crippen LogP contribution in [0.3, 0.4) is 0 Å². The molecule has 0 spiro atoms. The van der Waals surface area contributed by atoms with Crippen LogP contribution in [0.5, 0.6) is 0 Å². The van der Waals surface area contributed by atoms with Crippen molar-refractivity contribution in [3.05, 3.63) is 34.9 Å². The summed E-state index contributed by atoms with van der Waals surface area (Å²) >= 11 is 0. The van der Waals surface area contributed by atoms with Gasteiger partial charge in [0, 0.05) is 19.7 Å². The van der Waals surface area contributed by atoms with E-state index >= 15 is 0 Å². The van der Waals surface area contributed by atoms with Crippen molar-refractivity contribution in [1.82, 2.24) is 10.6 Å². The number of aryl methyl sites for hydroxylation is 2. The summed E-state index contributed by atoms with van der Waals surface area (Å²) in [6, 6.07) is 7.03. The van der Waals surface area contributed by atoms with Crippen molar-refractivity contribution in [1.29, 1.82) is 0 Å². The van der Waals surface area contributed by atoms with Gasteiger partial charge in [0.05, 0.1) is 13.2 Å². The van der Waals surface area contributed by atoms with E-state index in [0.29, 0.717) is 13.2 Å². The Kier molecular flexibility index (Phi) is 8.78. The van der Waals surface area contributed by atoms with Crippen LogP contribution in [0.2, 0.25) is 0 Å². The molecule has 124 valence electrons. The Labute approximate surface area is 151 Å². The van der Waals surface area contributed by atoms with Crippen LogP contribution in [0, 0.1) is 0 Å². The van der Waals surface area contributed by atoms with Crippen molar-refractivity contribution in [2.45, 2.75) is 45.7 Å². The SMILES string of the molecule is CCNC(=NCc1ccc2c(c1)CCC2)NC(C)COC.I. The first-order valence-electron chi connectivity index (χ1n) is 7.87. The zero-order chi connectivity index (χ0) is 15.1. The number of hydrogen-bond donors (Lipinski definition) is 2. The molecular formula is C17H28IN3O. The van der Waals surface area contributed by atoms with Crippen molar-refractivity contribution >= 4 is 29.9 Å². The molecule has 1 unspecified atom stereocenters. The first-order valence-corrected chi connectivity index (χ1v) is 7.87. The van der Waals surface area contributed by atoms with Gasteiger partial charge in [0.2, 0.25) is 0 Å². The Morgan fingerprint density at radius 3 is 2.82 bits per heavy atom. The number of benzene rings is 1. The molecule has 0 saturated heterocycles. The highest BCUT2D eigenvalue weighted by atomic mass is 127. The van der Waals surface area contributed by atoms with Gasteiger partial charge in [-0.15, -0.1) is 24.0 Å². The first kappa shape index (κ1) is 19.2. The lowest BCUT2D eigenvalue weighted by atomic mass is 10.1. The minimum atomic E-state index is 0. The number of ether oxygens (including phenoxy) is 1. The van der Waals surface area contributed by atoms with Crippen molar-refractivity contribution in [2.75, 3.05) is 20.3 Å². The zero-order valence-electron chi connectivity index (χ0n) is 13.8. The standard InChI is InChI=1S/C17H27N3O.HI/c1-4-18-17(20-13(2)12-21-3)19-11-14-8-9-15-6-5-7-16(15)10-14;/h8-10,13H,4-7,11-12H2,1-3H3,(H2,18,19,20);1H. The maximum atomic E-state index is 5.15. The van der Waals surface area contributed by atoms with Crippen LogP contribution >= 0.6 is 24.0 Å². The van der Waals surface area contributed by atoms with Crippen LogP contribution in [0.1, 0.15) is 37.0 Å². The summed E-state index contributed by atoms with van der Waals surface area (Å²) in [5, 5.41) is 6.63. The second-order valence-corrected chi connectivity index (χ2v) is 5.65. The molecule has 0 aromatic heterocycles. The van der Waals surface area contributed by atoms with Crippen molar-refractivity contribution < 1.29 is 4.74 Å². The lowest BCUT2D eigenvalue weighted by Crippen LogP contribution is -2.43. The van der Waals surface area contributed by atoms with Crippen LogP contribution in [0.25, 0.3) is 0 Å². The smallest absolute Gasteiger partial charge is 0.191 e. The molecule has 22 heavy (non-hydrogen) atoms. The number of methoxy groups -OCH3 is 1. The molecule has 1 atom stereocenters. The molecule has 2 N–H and O–H groups in total. The Balaban J connectivity index is 0.00000242. The van der Waals surface area contributed by atoms with Crippen LogP contribution in [0.4, 0.5) is 0 Å². The van der Waals surface area contributed by atoms with Crippen molar-refractivity contribution in [3.8, 4) is 0 Å². The Morgan fingerprint density at radius 1 is 1.32 bits per heavy atom. The van der Waals surface area contributed by atoms with Gasteiger partial charge in [0.1, 0.15) is 0 Å². The number of guanidine groups is 1. The van der Waals surface area contributed by atoms with Gasteiger partial charge in [0.15, 0.2) is 5.96 Å². The fraction of sp³-hybridized carbons (Fsp3) is 0.588. The summed E-state index contributed by atoms with van der Waals surface area (Å²) in [7, 11) is 1.72. The molecular weight excluding hydrogens is 389 g/mol. The molecule has 2 rings (SSSR count). The molecule has 4 nitrogen and oxygen atoms in total. The van der Waals surface area contributed by atoms with E-state index in [9.17, 15) is 0 Å². The van der Waals surface area contributed by atoms with Gasteiger partial charge >= 0.3 is 0 Å². The molecule has 1 aromatic carbocycles. The van der Waals surface area contributed by atoms with Gasteiger partial charge in [-0.05, 0) is 49.8 Å². The van der Waals surface area contributed by atoms with Crippen molar-refractivity contribution in [2.24, 2.45) is 4.99 Å². The van der Waals surface area contributed by atoms with Crippen LogP contribution in [-0.2, 0) is 24.1 Å². The van der Waals surface area contributed by atoms with Crippen LogP contribution < -0.4 is 10.6 Å². The maximum Gasteiger partial charge on any atom is 0.191 e. The lowest BCUT2D eigenvalue weighted by molar-refractivity contribution is 0.179. The van der Waals surface area contributed by atoms with E-state index in [4.69, 9.17) is 4.74 Å². The summed E-state index contributed by atoms with van der Waals surface area (Å²) in [4.78, 5) is 4.67. The summed E-state index contributed by atoms with van der Waals surface area (Å²) in [5.41, 5.74) is 4.31. The van der Waals surface area contributed by atoms with Gasteiger partial charge in [-0.1, -0.05) is 18.2 Å². The van der Waals surface area contributed by atoms with E-state index in [1.54, 1.807) is 7.11 Å². The van der Waals surface area contributed by atoms with Crippen LogP contribution in [-0.4, -0.2) is 32.3 Å². The van der Waals surface area contributed by atoms with E-state index in [1.165, 1.54) is 36.0 Å². The fourth-order valence-corrected chi connectivity index (χ4v) is 2.74. The molecule has 0 heterocycles. The summed E-state index contributed by atoms with van der Waals surface area (Å²) < 4.78 is 5.15.